The van der Waals surface area contributed by atoms with Gasteiger partial charge in [-0.25, -0.2) is 4.79 Å². The average Bonchev–Trinajstić information content (AvgIpc) is 2.37. The van der Waals surface area contributed by atoms with Crippen LogP contribution in [0.3, 0.4) is 0 Å². The molecule has 1 rings (SSSR count). The molecule has 116 valence electrons. The zero-order valence-electron chi connectivity index (χ0n) is 11.6. The summed E-state index contributed by atoms with van der Waals surface area (Å²) in [7, 11) is 1.52. The van der Waals surface area contributed by atoms with Crippen LogP contribution in [0.1, 0.15) is 29.8 Å². The van der Waals surface area contributed by atoms with Crippen LogP contribution < -0.4 is 10.6 Å². The van der Waals surface area contributed by atoms with E-state index in [-0.39, 0.29) is 5.69 Å². The Labute approximate surface area is 119 Å². The van der Waals surface area contributed by atoms with E-state index in [1.807, 2.05) is 0 Å². The van der Waals surface area contributed by atoms with Crippen molar-refractivity contribution in [2.45, 2.75) is 25.6 Å². The summed E-state index contributed by atoms with van der Waals surface area (Å²) in [6.45, 7) is 3.07. The first-order valence-corrected chi connectivity index (χ1v) is 5.93. The van der Waals surface area contributed by atoms with Crippen LogP contribution in [0, 0.1) is 0 Å². The number of hydrogen-bond acceptors (Lipinski definition) is 3. The molecule has 0 radical (unpaired) electrons. The Kier molecular flexibility index (Phi) is 4.62. The molecule has 0 unspecified atom stereocenters. The largest absolute Gasteiger partial charge is 0.478 e. The monoisotopic (exact) mass is 304 g/mol. The number of rotatable bonds is 4. The van der Waals surface area contributed by atoms with Gasteiger partial charge in [0.2, 0.25) is 5.91 Å². The van der Waals surface area contributed by atoms with Gasteiger partial charge in [0.15, 0.2) is 0 Å². The molecule has 8 heteroatoms. The van der Waals surface area contributed by atoms with Crippen molar-refractivity contribution in [3.63, 3.8) is 0 Å². The maximum absolute atomic E-state index is 12.7. The Balaban J connectivity index is 3.21. The molecule has 1 aromatic rings. The number of amides is 1. The number of benzene rings is 1. The second kappa shape index (κ2) is 5.72. The molecular formula is C13H15F3N2O3. The van der Waals surface area contributed by atoms with Gasteiger partial charge in [0.1, 0.15) is 0 Å². The van der Waals surface area contributed by atoms with E-state index >= 15 is 0 Å². The van der Waals surface area contributed by atoms with Crippen molar-refractivity contribution in [2.75, 3.05) is 12.4 Å². The number of carboxylic acids is 1. The molecule has 0 aliphatic rings. The highest BCUT2D eigenvalue weighted by Crippen LogP contribution is 2.32. The summed E-state index contributed by atoms with van der Waals surface area (Å²) in [5.74, 6) is -2.09. The number of hydrogen-bond donors (Lipinski definition) is 3. The number of carbonyl (C=O) groups is 2. The van der Waals surface area contributed by atoms with E-state index in [9.17, 15) is 22.8 Å². The summed E-state index contributed by atoms with van der Waals surface area (Å²) in [5, 5.41) is 13.8. The van der Waals surface area contributed by atoms with Gasteiger partial charge in [0.25, 0.3) is 0 Å². The van der Waals surface area contributed by atoms with Crippen LogP contribution in [0.4, 0.5) is 18.9 Å². The van der Waals surface area contributed by atoms with E-state index in [1.54, 1.807) is 0 Å². The minimum absolute atomic E-state index is 0.226. The van der Waals surface area contributed by atoms with Crippen LogP contribution in [0.5, 0.6) is 0 Å². The molecule has 3 N–H and O–H groups in total. The molecule has 0 bridgehead atoms. The lowest BCUT2D eigenvalue weighted by atomic mass is 10.0. The second-order valence-electron chi connectivity index (χ2n) is 4.93. The number of carbonyl (C=O) groups excluding carboxylic acids is 1. The summed E-state index contributed by atoms with van der Waals surface area (Å²) < 4.78 is 38.2. The molecule has 1 aromatic carbocycles. The van der Waals surface area contributed by atoms with Crippen LogP contribution in [0.15, 0.2) is 18.2 Å². The molecule has 0 aliphatic heterocycles. The van der Waals surface area contributed by atoms with Crippen molar-refractivity contribution < 1.29 is 27.9 Å². The average molecular weight is 304 g/mol. The van der Waals surface area contributed by atoms with Crippen molar-refractivity contribution in [3.05, 3.63) is 29.3 Å². The third-order valence-corrected chi connectivity index (χ3v) is 2.96. The van der Waals surface area contributed by atoms with Gasteiger partial charge in [-0.05, 0) is 39.1 Å². The highest BCUT2D eigenvalue weighted by Gasteiger charge is 2.32. The number of likely N-dealkylation sites (N-methyl/N-ethyl adjacent to an activating group) is 1. The van der Waals surface area contributed by atoms with Crippen LogP contribution in [0.2, 0.25) is 0 Å². The summed E-state index contributed by atoms with van der Waals surface area (Å²) in [5.41, 5.74) is -2.93. The Morgan fingerprint density at radius 2 is 1.71 bits per heavy atom. The number of halogens is 3. The number of carboxylic acid groups (broad SMARTS) is 1. The van der Waals surface area contributed by atoms with Gasteiger partial charge in [-0.2, -0.15) is 13.2 Å². The minimum atomic E-state index is -4.70. The minimum Gasteiger partial charge on any atom is -0.478 e. The molecular weight excluding hydrogens is 289 g/mol. The van der Waals surface area contributed by atoms with Gasteiger partial charge in [0.05, 0.1) is 16.7 Å². The predicted octanol–water partition coefficient (Wildman–Crippen LogP) is 2.34. The first kappa shape index (κ1) is 17.0. The molecule has 0 heterocycles. The zero-order valence-corrected chi connectivity index (χ0v) is 11.6. The molecule has 0 spiro atoms. The maximum atomic E-state index is 12.7. The summed E-state index contributed by atoms with van der Waals surface area (Å²) in [4.78, 5) is 22.8. The van der Waals surface area contributed by atoms with Crippen LogP contribution in [0.25, 0.3) is 0 Å². The lowest BCUT2D eigenvalue weighted by molar-refractivity contribution is -0.137. The van der Waals surface area contributed by atoms with Gasteiger partial charge >= 0.3 is 12.1 Å². The fraction of sp³-hybridized carbons (Fsp3) is 0.385. The Hall–Kier alpha value is -2.09. The van der Waals surface area contributed by atoms with Crippen molar-refractivity contribution >= 4 is 17.6 Å². The number of nitrogens with one attached hydrogen (secondary N) is 2. The van der Waals surface area contributed by atoms with E-state index in [4.69, 9.17) is 5.11 Å². The van der Waals surface area contributed by atoms with E-state index in [0.29, 0.717) is 12.1 Å². The standard InChI is InChI=1S/C13H15F3N2O3/c1-12(2,17-3)11(21)18-9-5-7(10(19)20)4-8(6-9)13(14,15)16/h4-6,17H,1-3H3,(H,18,21)(H,19,20). The van der Waals surface area contributed by atoms with Gasteiger partial charge < -0.3 is 15.7 Å². The fourth-order valence-electron chi connectivity index (χ4n) is 1.39. The van der Waals surface area contributed by atoms with Crippen molar-refractivity contribution in [1.82, 2.24) is 5.32 Å². The quantitative estimate of drug-likeness (QED) is 0.798. The molecule has 0 aliphatic carbocycles. The summed E-state index contributed by atoms with van der Waals surface area (Å²) >= 11 is 0. The topological polar surface area (TPSA) is 78.4 Å². The van der Waals surface area contributed by atoms with Crippen molar-refractivity contribution in [1.29, 1.82) is 0 Å². The summed E-state index contributed by atoms with van der Waals surface area (Å²) in [6, 6.07) is 2.18. The fourth-order valence-corrected chi connectivity index (χ4v) is 1.39. The molecule has 0 saturated carbocycles. The lowest BCUT2D eigenvalue weighted by Gasteiger charge is -2.23. The van der Waals surface area contributed by atoms with Crippen molar-refractivity contribution in [2.24, 2.45) is 0 Å². The van der Waals surface area contributed by atoms with Gasteiger partial charge in [-0.3, -0.25) is 4.79 Å². The highest BCUT2D eigenvalue weighted by molar-refractivity contribution is 5.98. The highest BCUT2D eigenvalue weighted by atomic mass is 19.4. The second-order valence-corrected chi connectivity index (χ2v) is 4.93. The molecule has 0 fully saturated rings. The number of alkyl halides is 3. The van der Waals surface area contributed by atoms with E-state index in [2.05, 4.69) is 10.6 Å². The van der Waals surface area contributed by atoms with Gasteiger partial charge in [-0.1, -0.05) is 0 Å². The zero-order chi connectivity index (χ0) is 16.4. The molecule has 5 nitrogen and oxygen atoms in total. The SMILES string of the molecule is CNC(C)(C)C(=O)Nc1cc(C(=O)O)cc(C(F)(F)F)c1. The Bertz CT molecular complexity index is 568. The normalized spacial score (nSPS) is 12.1. The third-order valence-electron chi connectivity index (χ3n) is 2.96. The lowest BCUT2D eigenvalue weighted by Crippen LogP contribution is -2.47. The van der Waals surface area contributed by atoms with E-state index in [0.717, 1.165) is 6.07 Å². The molecule has 1 amide bonds. The van der Waals surface area contributed by atoms with Crippen molar-refractivity contribution in [3.8, 4) is 0 Å². The first-order valence-electron chi connectivity index (χ1n) is 5.93. The Morgan fingerprint density at radius 1 is 1.14 bits per heavy atom. The molecule has 0 atom stereocenters. The van der Waals surface area contributed by atoms with Crippen LogP contribution >= 0.6 is 0 Å². The van der Waals surface area contributed by atoms with Gasteiger partial charge in [-0.15, -0.1) is 0 Å². The van der Waals surface area contributed by atoms with Gasteiger partial charge in [0, 0.05) is 5.69 Å². The van der Waals surface area contributed by atoms with Crippen LogP contribution in [-0.4, -0.2) is 29.6 Å². The number of anilines is 1. The smallest absolute Gasteiger partial charge is 0.416 e. The van der Waals surface area contributed by atoms with E-state index < -0.39 is 34.7 Å². The predicted molar refractivity (Wildman–Crippen MR) is 70.2 cm³/mol. The van der Waals surface area contributed by atoms with E-state index in [1.165, 1.54) is 20.9 Å². The van der Waals surface area contributed by atoms with Crippen LogP contribution in [-0.2, 0) is 11.0 Å². The maximum Gasteiger partial charge on any atom is 0.416 e. The molecule has 21 heavy (non-hydrogen) atoms. The molecule has 0 saturated heterocycles. The number of aromatic carboxylic acids is 1. The third kappa shape index (κ3) is 4.19. The Morgan fingerprint density at radius 3 is 2.14 bits per heavy atom. The molecule has 0 aromatic heterocycles. The summed E-state index contributed by atoms with van der Waals surface area (Å²) in [6.07, 6.45) is -4.70. The first-order chi connectivity index (χ1) is 9.47.